The molecule has 2 N–H and O–H groups in total. The van der Waals surface area contributed by atoms with Crippen LogP contribution in [-0.2, 0) is 4.74 Å². The third-order valence-electron chi connectivity index (χ3n) is 1.56. The fourth-order valence-electron chi connectivity index (χ4n) is 0.993. The minimum absolute atomic E-state index is 0.120. The molecule has 0 amide bonds. The largest absolute Gasteiger partial charge is 0.376 e. The Bertz CT molecular complexity index is 121. The van der Waals surface area contributed by atoms with E-state index in [9.17, 15) is 0 Å². The Labute approximate surface area is 55.4 Å². The van der Waals surface area contributed by atoms with Crippen LogP contribution in [0.1, 0.15) is 12.8 Å². The normalized spacial score (nSPS) is 29.6. The average molecular weight is 125 g/mol. The molecule has 1 heterocycles. The van der Waals surface area contributed by atoms with E-state index in [1.54, 1.807) is 0 Å². The second kappa shape index (κ2) is 2.86. The minimum Gasteiger partial charge on any atom is -0.376 e. The van der Waals surface area contributed by atoms with Crippen molar-refractivity contribution >= 4 is 0 Å². The highest BCUT2D eigenvalue weighted by Gasteiger charge is 2.20. The van der Waals surface area contributed by atoms with Crippen molar-refractivity contribution in [2.75, 3.05) is 6.61 Å². The van der Waals surface area contributed by atoms with Crippen molar-refractivity contribution in [2.24, 2.45) is 5.73 Å². The van der Waals surface area contributed by atoms with Crippen LogP contribution in [0.15, 0.2) is 0 Å². The summed E-state index contributed by atoms with van der Waals surface area (Å²) in [6.45, 7) is 0.819. The molecular weight excluding hydrogens is 114 g/mol. The highest BCUT2D eigenvalue weighted by atomic mass is 16.5. The molecule has 1 rings (SSSR count). The molecule has 0 radical (unpaired) electrons. The third-order valence-corrected chi connectivity index (χ3v) is 1.56. The maximum absolute atomic E-state index is 5.52. The maximum Gasteiger partial charge on any atom is 0.0927 e. The summed E-state index contributed by atoms with van der Waals surface area (Å²) in [7, 11) is 0. The molecule has 0 aromatic rings. The molecule has 0 spiro atoms. The van der Waals surface area contributed by atoms with Crippen LogP contribution in [0.2, 0.25) is 0 Å². The predicted molar refractivity (Wildman–Crippen MR) is 35.8 cm³/mol. The molecule has 0 saturated carbocycles. The minimum atomic E-state index is -0.201. The number of rotatable bonds is 1. The lowest BCUT2D eigenvalue weighted by atomic mass is 10.1. The van der Waals surface area contributed by atoms with Crippen LogP contribution in [0.5, 0.6) is 0 Å². The van der Waals surface area contributed by atoms with Gasteiger partial charge in [-0.2, -0.15) is 0 Å². The molecule has 1 aliphatic heterocycles. The predicted octanol–water partition coefficient (Wildman–Crippen LogP) is 0.126. The lowest BCUT2D eigenvalue weighted by Gasteiger charge is -2.11. The number of hydrogen-bond acceptors (Lipinski definition) is 2. The fourth-order valence-corrected chi connectivity index (χ4v) is 0.993. The van der Waals surface area contributed by atoms with Gasteiger partial charge in [-0.3, -0.25) is 0 Å². The highest BCUT2D eigenvalue weighted by molar-refractivity contribution is 5.01. The van der Waals surface area contributed by atoms with Crippen molar-refractivity contribution in [1.82, 2.24) is 0 Å². The summed E-state index contributed by atoms with van der Waals surface area (Å²) in [5, 5.41) is 0. The molecule has 50 valence electrons. The van der Waals surface area contributed by atoms with Crippen molar-refractivity contribution in [2.45, 2.75) is 25.0 Å². The van der Waals surface area contributed by atoms with Gasteiger partial charge in [-0.1, -0.05) is 5.92 Å². The average Bonchev–Trinajstić information content (AvgIpc) is 2.37. The Morgan fingerprint density at radius 3 is 3.00 bits per heavy atom. The molecule has 0 unspecified atom stereocenters. The first-order valence-corrected chi connectivity index (χ1v) is 3.18. The molecule has 1 saturated heterocycles. The number of nitrogens with two attached hydrogens (primary N) is 1. The first-order valence-electron chi connectivity index (χ1n) is 3.18. The van der Waals surface area contributed by atoms with Gasteiger partial charge in [-0.05, 0) is 12.8 Å². The van der Waals surface area contributed by atoms with E-state index in [-0.39, 0.29) is 12.1 Å². The van der Waals surface area contributed by atoms with Crippen molar-refractivity contribution in [3.05, 3.63) is 0 Å². The van der Waals surface area contributed by atoms with Gasteiger partial charge in [0.25, 0.3) is 0 Å². The standard InChI is InChI=1S/C7H11NO/c1-2-6(8)7-4-3-5-9-7/h1,6-7H,3-5,8H2/t6-,7-/m1/s1. The number of ether oxygens (including phenoxy) is 1. The summed E-state index contributed by atoms with van der Waals surface area (Å²) < 4.78 is 5.24. The molecule has 0 aromatic carbocycles. The van der Waals surface area contributed by atoms with Crippen LogP contribution < -0.4 is 5.73 Å². The zero-order chi connectivity index (χ0) is 6.69. The summed E-state index contributed by atoms with van der Waals surface area (Å²) in [6.07, 6.45) is 7.33. The molecule has 2 atom stereocenters. The second-order valence-electron chi connectivity index (χ2n) is 2.24. The van der Waals surface area contributed by atoms with E-state index in [0.29, 0.717) is 0 Å². The molecule has 1 aliphatic rings. The van der Waals surface area contributed by atoms with E-state index >= 15 is 0 Å². The Balaban J connectivity index is 2.34. The Morgan fingerprint density at radius 1 is 1.78 bits per heavy atom. The molecule has 0 bridgehead atoms. The van der Waals surface area contributed by atoms with Gasteiger partial charge in [0.05, 0.1) is 12.1 Å². The van der Waals surface area contributed by atoms with Crippen LogP contribution in [0.3, 0.4) is 0 Å². The Kier molecular flexibility index (Phi) is 2.10. The topological polar surface area (TPSA) is 35.2 Å². The Hall–Kier alpha value is -0.520. The van der Waals surface area contributed by atoms with Crippen LogP contribution in [0.25, 0.3) is 0 Å². The van der Waals surface area contributed by atoms with E-state index in [1.807, 2.05) is 0 Å². The third kappa shape index (κ3) is 1.44. The van der Waals surface area contributed by atoms with E-state index in [1.165, 1.54) is 0 Å². The van der Waals surface area contributed by atoms with Crippen LogP contribution >= 0.6 is 0 Å². The lowest BCUT2D eigenvalue weighted by Crippen LogP contribution is -2.32. The van der Waals surface area contributed by atoms with Gasteiger partial charge < -0.3 is 10.5 Å². The van der Waals surface area contributed by atoms with Crippen LogP contribution in [0, 0.1) is 12.3 Å². The fraction of sp³-hybridized carbons (Fsp3) is 0.714. The monoisotopic (exact) mass is 125 g/mol. The number of hydrogen-bond donors (Lipinski definition) is 1. The zero-order valence-corrected chi connectivity index (χ0v) is 5.34. The number of terminal acetylenes is 1. The van der Waals surface area contributed by atoms with E-state index in [0.717, 1.165) is 19.4 Å². The van der Waals surface area contributed by atoms with Crippen molar-refractivity contribution in [3.63, 3.8) is 0 Å². The van der Waals surface area contributed by atoms with Gasteiger partial charge in [0.1, 0.15) is 0 Å². The van der Waals surface area contributed by atoms with Crippen molar-refractivity contribution < 1.29 is 4.74 Å². The summed E-state index contributed by atoms with van der Waals surface area (Å²) in [4.78, 5) is 0. The van der Waals surface area contributed by atoms with Crippen molar-refractivity contribution in [1.29, 1.82) is 0 Å². The van der Waals surface area contributed by atoms with E-state index in [4.69, 9.17) is 16.9 Å². The molecule has 2 nitrogen and oxygen atoms in total. The second-order valence-corrected chi connectivity index (χ2v) is 2.24. The molecule has 9 heavy (non-hydrogen) atoms. The van der Waals surface area contributed by atoms with E-state index < -0.39 is 0 Å². The first kappa shape index (κ1) is 6.60. The lowest BCUT2D eigenvalue weighted by molar-refractivity contribution is 0.103. The summed E-state index contributed by atoms with van der Waals surface area (Å²) in [5.74, 6) is 2.46. The van der Waals surface area contributed by atoms with Gasteiger partial charge in [-0.25, -0.2) is 0 Å². The smallest absolute Gasteiger partial charge is 0.0927 e. The van der Waals surface area contributed by atoms with Gasteiger partial charge >= 0.3 is 0 Å². The van der Waals surface area contributed by atoms with Crippen molar-refractivity contribution in [3.8, 4) is 12.3 Å². The van der Waals surface area contributed by atoms with Gasteiger partial charge in [0.2, 0.25) is 0 Å². The molecule has 0 aliphatic carbocycles. The molecule has 2 heteroatoms. The van der Waals surface area contributed by atoms with Crippen LogP contribution in [-0.4, -0.2) is 18.8 Å². The summed E-state index contributed by atoms with van der Waals surface area (Å²) in [5.41, 5.74) is 5.52. The molecule has 1 fully saturated rings. The Morgan fingerprint density at radius 2 is 2.56 bits per heavy atom. The van der Waals surface area contributed by atoms with Gasteiger partial charge in [0, 0.05) is 6.61 Å². The SMILES string of the molecule is C#C[C@@H](N)[C@H]1CCCO1. The first-order chi connectivity index (χ1) is 4.34. The molecule has 0 aromatic heterocycles. The molecular formula is C7H11NO. The summed E-state index contributed by atoms with van der Waals surface area (Å²) >= 11 is 0. The maximum atomic E-state index is 5.52. The quantitative estimate of drug-likeness (QED) is 0.505. The van der Waals surface area contributed by atoms with E-state index in [2.05, 4.69) is 5.92 Å². The zero-order valence-electron chi connectivity index (χ0n) is 5.34. The van der Waals surface area contributed by atoms with Gasteiger partial charge in [-0.15, -0.1) is 6.42 Å². The van der Waals surface area contributed by atoms with Crippen LogP contribution in [0.4, 0.5) is 0 Å². The highest BCUT2D eigenvalue weighted by Crippen LogP contribution is 2.13. The summed E-state index contributed by atoms with van der Waals surface area (Å²) in [6, 6.07) is -0.201. The van der Waals surface area contributed by atoms with Gasteiger partial charge in [0.15, 0.2) is 0 Å².